The zero-order chi connectivity index (χ0) is 15.2. The lowest BCUT2D eigenvalue weighted by molar-refractivity contribution is 0.283. The Bertz CT molecular complexity index is 358. The lowest BCUT2D eigenvalue weighted by Gasteiger charge is -2.24. The Kier molecular flexibility index (Phi) is 6.58. The molecule has 0 heterocycles. The molecule has 3 atom stereocenters. The number of hydrogen-bond acceptors (Lipinski definition) is 0. The fraction of sp³-hybridized carbons (Fsp3) is 0.810. The van der Waals surface area contributed by atoms with Crippen molar-refractivity contribution in [1.82, 2.24) is 0 Å². The predicted octanol–water partition coefficient (Wildman–Crippen LogP) is 6.78. The summed E-state index contributed by atoms with van der Waals surface area (Å²) in [7, 11) is 0. The molecule has 0 aromatic heterocycles. The Hall–Kier alpha value is -0.520. The van der Waals surface area contributed by atoms with E-state index >= 15 is 0 Å². The number of fused-ring (bicyclic) bond motifs is 1. The molecule has 0 nitrogen and oxygen atoms in total. The monoisotopic (exact) mass is 288 g/mol. The molecule has 0 N–H and O–H groups in total. The summed E-state index contributed by atoms with van der Waals surface area (Å²) in [5, 5.41) is 0. The van der Waals surface area contributed by atoms with Gasteiger partial charge in [-0.15, -0.1) is 0 Å². The summed E-state index contributed by atoms with van der Waals surface area (Å²) in [6, 6.07) is 0. The molecular formula is C21H36. The molecule has 0 aromatic carbocycles. The minimum Gasteiger partial charge on any atom is -0.0845 e. The van der Waals surface area contributed by atoms with Gasteiger partial charge in [-0.25, -0.2) is 0 Å². The van der Waals surface area contributed by atoms with Crippen LogP contribution >= 0.6 is 0 Å². The average molecular weight is 289 g/mol. The molecule has 3 unspecified atom stereocenters. The van der Waals surface area contributed by atoms with Crippen molar-refractivity contribution in [3.63, 3.8) is 0 Å². The van der Waals surface area contributed by atoms with Crippen molar-refractivity contribution < 1.29 is 0 Å². The van der Waals surface area contributed by atoms with Crippen molar-refractivity contribution in [2.75, 3.05) is 0 Å². The molecule has 2 aliphatic rings. The lowest BCUT2D eigenvalue weighted by atomic mass is 9.81. The summed E-state index contributed by atoms with van der Waals surface area (Å²) in [6.45, 7) is 9.73. The third-order valence-corrected chi connectivity index (χ3v) is 5.87. The van der Waals surface area contributed by atoms with Crippen molar-refractivity contribution in [2.24, 2.45) is 29.6 Å². The molecule has 120 valence electrons. The maximum Gasteiger partial charge on any atom is -0.0166 e. The van der Waals surface area contributed by atoms with Crippen LogP contribution < -0.4 is 0 Å². The highest BCUT2D eigenvalue weighted by atomic mass is 14.4. The maximum absolute atomic E-state index is 2.51. The Labute approximate surface area is 133 Å². The third-order valence-electron chi connectivity index (χ3n) is 5.87. The first-order valence-electron chi connectivity index (χ1n) is 9.48. The highest BCUT2D eigenvalue weighted by Crippen LogP contribution is 2.49. The average Bonchev–Trinajstić information content (AvgIpc) is 2.77. The van der Waals surface area contributed by atoms with Crippen LogP contribution in [-0.2, 0) is 0 Å². The Morgan fingerprint density at radius 3 is 2.33 bits per heavy atom. The molecule has 1 fully saturated rings. The minimum absolute atomic E-state index is 0.795. The fourth-order valence-electron chi connectivity index (χ4n) is 4.57. The van der Waals surface area contributed by atoms with Crippen LogP contribution in [0.2, 0.25) is 0 Å². The van der Waals surface area contributed by atoms with E-state index in [9.17, 15) is 0 Å². The van der Waals surface area contributed by atoms with Crippen LogP contribution in [0.5, 0.6) is 0 Å². The van der Waals surface area contributed by atoms with Crippen molar-refractivity contribution in [3.8, 4) is 0 Å². The molecule has 0 saturated heterocycles. The first-order valence-corrected chi connectivity index (χ1v) is 9.48. The van der Waals surface area contributed by atoms with Crippen molar-refractivity contribution in [1.29, 1.82) is 0 Å². The molecule has 2 rings (SSSR count). The van der Waals surface area contributed by atoms with Crippen LogP contribution in [-0.4, -0.2) is 0 Å². The van der Waals surface area contributed by atoms with Gasteiger partial charge in [-0.3, -0.25) is 0 Å². The molecule has 0 aliphatic heterocycles. The third kappa shape index (κ3) is 4.47. The molecule has 0 aromatic rings. The quantitative estimate of drug-likeness (QED) is 0.525. The number of hydrogen-bond donors (Lipinski definition) is 0. The van der Waals surface area contributed by atoms with E-state index in [-0.39, 0.29) is 0 Å². The summed E-state index contributed by atoms with van der Waals surface area (Å²) < 4.78 is 0. The van der Waals surface area contributed by atoms with E-state index < -0.39 is 0 Å². The van der Waals surface area contributed by atoms with Crippen LogP contribution in [0.4, 0.5) is 0 Å². The van der Waals surface area contributed by atoms with Crippen molar-refractivity contribution in [2.45, 2.75) is 79.1 Å². The topological polar surface area (TPSA) is 0 Å². The van der Waals surface area contributed by atoms with Crippen LogP contribution in [0.15, 0.2) is 23.8 Å². The Morgan fingerprint density at radius 2 is 1.62 bits per heavy atom. The van der Waals surface area contributed by atoms with E-state index in [0.717, 1.165) is 29.6 Å². The van der Waals surface area contributed by atoms with Gasteiger partial charge in [-0.05, 0) is 55.3 Å². The smallest absolute Gasteiger partial charge is 0.0166 e. The lowest BCUT2D eigenvalue weighted by Crippen LogP contribution is -2.15. The van der Waals surface area contributed by atoms with Crippen LogP contribution in [0, 0.1) is 29.6 Å². The summed E-state index contributed by atoms with van der Waals surface area (Å²) in [6.07, 6.45) is 18.6. The number of rotatable bonds is 2. The van der Waals surface area contributed by atoms with E-state index in [1.807, 2.05) is 0 Å². The largest absolute Gasteiger partial charge is 0.0845 e. The van der Waals surface area contributed by atoms with E-state index in [4.69, 9.17) is 0 Å². The van der Waals surface area contributed by atoms with Gasteiger partial charge in [0.15, 0.2) is 0 Å². The second-order valence-corrected chi connectivity index (χ2v) is 8.04. The van der Waals surface area contributed by atoms with Gasteiger partial charge in [0.25, 0.3) is 0 Å². The van der Waals surface area contributed by atoms with E-state index in [1.54, 1.807) is 5.57 Å². The summed E-state index contributed by atoms with van der Waals surface area (Å²) in [5.41, 5.74) is 1.79. The molecule has 0 heteroatoms. The SMILES string of the molecule is CC(C)C1CC(C(C)C)C2CCCCCCCC=CC=C12. The predicted molar refractivity (Wildman–Crippen MR) is 94.3 cm³/mol. The highest BCUT2D eigenvalue weighted by molar-refractivity contribution is 5.24. The van der Waals surface area contributed by atoms with Gasteiger partial charge in [-0.1, -0.05) is 77.2 Å². The van der Waals surface area contributed by atoms with E-state index in [2.05, 4.69) is 45.9 Å². The molecule has 21 heavy (non-hydrogen) atoms. The van der Waals surface area contributed by atoms with Crippen molar-refractivity contribution >= 4 is 0 Å². The summed E-state index contributed by atoms with van der Waals surface area (Å²) >= 11 is 0. The number of allylic oxidation sites excluding steroid dienone is 4. The Morgan fingerprint density at radius 1 is 0.905 bits per heavy atom. The second kappa shape index (κ2) is 8.20. The molecule has 0 spiro atoms. The molecule has 1 saturated carbocycles. The first-order chi connectivity index (χ1) is 10.1. The van der Waals surface area contributed by atoms with Crippen LogP contribution in [0.25, 0.3) is 0 Å². The molecule has 0 amide bonds. The second-order valence-electron chi connectivity index (χ2n) is 8.04. The standard InChI is InChI=1S/C21H36/c1-16(2)20-15-21(17(3)4)19-14-12-10-8-6-5-7-9-11-13-18(19)20/h9,11,13,16-17,19-21H,5-8,10,12,14-15H2,1-4H3. The molecule has 2 aliphatic carbocycles. The van der Waals surface area contributed by atoms with E-state index in [1.165, 1.54) is 51.4 Å². The van der Waals surface area contributed by atoms with Gasteiger partial charge < -0.3 is 0 Å². The van der Waals surface area contributed by atoms with Gasteiger partial charge in [0.1, 0.15) is 0 Å². The normalized spacial score (nSPS) is 31.7. The first kappa shape index (κ1) is 16.8. The summed E-state index contributed by atoms with van der Waals surface area (Å²) in [4.78, 5) is 0. The molecule has 0 radical (unpaired) electrons. The fourth-order valence-corrected chi connectivity index (χ4v) is 4.57. The van der Waals surface area contributed by atoms with Crippen LogP contribution in [0.1, 0.15) is 79.1 Å². The van der Waals surface area contributed by atoms with Gasteiger partial charge in [-0.2, -0.15) is 0 Å². The Balaban J connectivity index is 2.23. The molecular weight excluding hydrogens is 252 g/mol. The van der Waals surface area contributed by atoms with Gasteiger partial charge in [0, 0.05) is 0 Å². The van der Waals surface area contributed by atoms with Crippen LogP contribution in [0.3, 0.4) is 0 Å². The van der Waals surface area contributed by atoms with E-state index in [0.29, 0.717) is 0 Å². The summed E-state index contributed by atoms with van der Waals surface area (Å²) in [5.74, 6) is 4.24. The van der Waals surface area contributed by atoms with Gasteiger partial charge >= 0.3 is 0 Å². The highest BCUT2D eigenvalue weighted by Gasteiger charge is 2.40. The van der Waals surface area contributed by atoms with Gasteiger partial charge in [0.05, 0.1) is 0 Å². The van der Waals surface area contributed by atoms with Crippen molar-refractivity contribution in [3.05, 3.63) is 23.8 Å². The maximum atomic E-state index is 2.51. The zero-order valence-corrected chi connectivity index (χ0v) is 14.8. The zero-order valence-electron chi connectivity index (χ0n) is 14.8. The minimum atomic E-state index is 0.795. The van der Waals surface area contributed by atoms with Gasteiger partial charge in [0.2, 0.25) is 0 Å². The molecule has 0 bridgehead atoms.